The molecule has 1 saturated heterocycles. The summed E-state index contributed by atoms with van der Waals surface area (Å²) in [6.07, 6.45) is 2.19. The van der Waals surface area contributed by atoms with Crippen LogP contribution in [0.5, 0.6) is 0 Å². The van der Waals surface area contributed by atoms with Gasteiger partial charge in [-0.05, 0) is 55.6 Å². The first-order chi connectivity index (χ1) is 11.5. The number of likely N-dealkylation sites (tertiary alicyclic amines) is 1. The van der Waals surface area contributed by atoms with Crippen molar-refractivity contribution in [1.29, 1.82) is 0 Å². The Bertz CT molecular complexity index is 788. The lowest BCUT2D eigenvalue weighted by Gasteiger charge is -2.26. The highest BCUT2D eigenvalue weighted by Gasteiger charge is 2.26. The van der Waals surface area contributed by atoms with E-state index in [0.717, 1.165) is 42.9 Å². The summed E-state index contributed by atoms with van der Waals surface area (Å²) < 4.78 is 53.6. The number of thiophene rings is 1. The van der Waals surface area contributed by atoms with Gasteiger partial charge in [0, 0.05) is 11.4 Å². The first-order valence-corrected chi connectivity index (χ1v) is 10.1. The van der Waals surface area contributed by atoms with Crippen molar-refractivity contribution >= 4 is 21.4 Å². The molecule has 8 heteroatoms. The minimum atomic E-state index is -3.89. The molecule has 1 N–H and O–H groups in total. The predicted molar refractivity (Wildman–Crippen MR) is 89.4 cm³/mol. The maximum atomic E-state index is 13.3. The number of sulfonamides is 1. The summed E-state index contributed by atoms with van der Waals surface area (Å²) in [6, 6.07) is 6.46. The summed E-state index contributed by atoms with van der Waals surface area (Å²) in [7, 11) is -3.89. The topological polar surface area (TPSA) is 49.4 Å². The van der Waals surface area contributed by atoms with Gasteiger partial charge in [-0.2, -0.15) is 0 Å². The standard InChI is InChI=1S/C16H18F2N2O2S2/c17-13-6-5-12(10-14(13)18)24(21,22)19-11-15(16-4-3-9-23-16)20-7-1-2-8-20/h3-6,9-10,15,19H,1-2,7-8,11H2/t15-/m0/s1. The van der Waals surface area contributed by atoms with Crippen LogP contribution in [0.2, 0.25) is 0 Å². The molecule has 0 spiro atoms. The second kappa shape index (κ2) is 7.26. The fourth-order valence-electron chi connectivity index (χ4n) is 2.86. The number of hydrogen-bond donors (Lipinski definition) is 1. The molecule has 2 aromatic rings. The van der Waals surface area contributed by atoms with E-state index in [9.17, 15) is 17.2 Å². The van der Waals surface area contributed by atoms with Gasteiger partial charge in [-0.3, -0.25) is 4.90 Å². The molecule has 1 fully saturated rings. The van der Waals surface area contributed by atoms with Crippen LogP contribution in [-0.4, -0.2) is 33.0 Å². The molecule has 3 rings (SSSR count). The molecular weight excluding hydrogens is 354 g/mol. The van der Waals surface area contributed by atoms with Crippen LogP contribution < -0.4 is 4.72 Å². The zero-order valence-corrected chi connectivity index (χ0v) is 14.5. The van der Waals surface area contributed by atoms with Crippen LogP contribution in [0.15, 0.2) is 40.6 Å². The van der Waals surface area contributed by atoms with Crippen molar-refractivity contribution in [2.24, 2.45) is 0 Å². The Morgan fingerprint density at radius 3 is 2.54 bits per heavy atom. The van der Waals surface area contributed by atoms with E-state index >= 15 is 0 Å². The molecule has 0 unspecified atom stereocenters. The molecular formula is C16H18F2N2O2S2. The van der Waals surface area contributed by atoms with Gasteiger partial charge in [-0.1, -0.05) is 6.07 Å². The Morgan fingerprint density at radius 1 is 1.17 bits per heavy atom. The van der Waals surface area contributed by atoms with E-state index in [4.69, 9.17) is 0 Å². The number of nitrogens with zero attached hydrogens (tertiary/aromatic N) is 1. The molecule has 130 valence electrons. The fourth-order valence-corrected chi connectivity index (χ4v) is 4.77. The largest absolute Gasteiger partial charge is 0.294 e. The van der Waals surface area contributed by atoms with Crippen LogP contribution in [0.4, 0.5) is 8.78 Å². The number of nitrogens with one attached hydrogen (secondary N) is 1. The monoisotopic (exact) mass is 372 g/mol. The van der Waals surface area contributed by atoms with Crippen LogP contribution in [0.25, 0.3) is 0 Å². The number of rotatable bonds is 6. The Morgan fingerprint density at radius 2 is 1.92 bits per heavy atom. The fraction of sp³-hybridized carbons (Fsp3) is 0.375. The van der Waals surface area contributed by atoms with Crippen molar-refractivity contribution in [2.75, 3.05) is 19.6 Å². The van der Waals surface area contributed by atoms with E-state index < -0.39 is 21.7 Å². The smallest absolute Gasteiger partial charge is 0.240 e. The SMILES string of the molecule is O=S(=O)(NC[C@@H](c1cccs1)N1CCCC1)c1ccc(F)c(F)c1. The lowest BCUT2D eigenvalue weighted by molar-refractivity contribution is 0.250. The second-order valence-corrected chi connectivity index (χ2v) is 8.45. The number of benzene rings is 1. The van der Waals surface area contributed by atoms with E-state index in [1.165, 1.54) is 0 Å². The molecule has 1 aliphatic rings. The summed E-state index contributed by atoms with van der Waals surface area (Å²) in [5.74, 6) is -2.24. The Labute approximate surface area is 144 Å². The lowest BCUT2D eigenvalue weighted by atomic mass is 10.2. The van der Waals surface area contributed by atoms with Crippen molar-refractivity contribution < 1.29 is 17.2 Å². The van der Waals surface area contributed by atoms with Crippen molar-refractivity contribution in [3.63, 3.8) is 0 Å². The molecule has 1 atom stereocenters. The van der Waals surface area contributed by atoms with Gasteiger partial charge in [-0.25, -0.2) is 21.9 Å². The van der Waals surface area contributed by atoms with Crippen LogP contribution in [0, 0.1) is 11.6 Å². The van der Waals surface area contributed by atoms with Crippen LogP contribution >= 0.6 is 11.3 Å². The molecule has 0 saturated carbocycles. The van der Waals surface area contributed by atoms with Crippen molar-refractivity contribution in [3.8, 4) is 0 Å². The van der Waals surface area contributed by atoms with E-state index in [-0.39, 0.29) is 17.5 Å². The Balaban J connectivity index is 1.76. The molecule has 24 heavy (non-hydrogen) atoms. The number of hydrogen-bond acceptors (Lipinski definition) is 4. The zero-order chi connectivity index (χ0) is 17.2. The molecule has 0 amide bonds. The van der Waals surface area contributed by atoms with Crippen molar-refractivity contribution in [2.45, 2.75) is 23.8 Å². The predicted octanol–water partition coefficient (Wildman–Crippen LogP) is 3.14. The van der Waals surface area contributed by atoms with Gasteiger partial charge in [0.15, 0.2) is 11.6 Å². The highest BCUT2D eigenvalue weighted by Crippen LogP contribution is 2.28. The summed E-state index contributed by atoms with van der Waals surface area (Å²) >= 11 is 1.58. The minimum absolute atomic E-state index is 0.0485. The molecule has 1 aromatic heterocycles. The van der Waals surface area contributed by atoms with Gasteiger partial charge in [0.1, 0.15) is 0 Å². The molecule has 2 heterocycles. The third-order valence-corrected chi connectivity index (χ3v) is 6.52. The van der Waals surface area contributed by atoms with E-state index in [0.29, 0.717) is 6.07 Å². The maximum Gasteiger partial charge on any atom is 0.240 e. The third kappa shape index (κ3) is 3.83. The second-order valence-electron chi connectivity index (χ2n) is 5.70. The van der Waals surface area contributed by atoms with Crippen LogP contribution in [0.1, 0.15) is 23.8 Å². The van der Waals surface area contributed by atoms with Gasteiger partial charge in [0.2, 0.25) is 10.0 Å². The number of halogens is 2. The summed E-state index contributed by atoms with van der Waals surface area (Å²) in [5.41, 5.74) is 0. The van der Waals surface area contributed by atoms with Crippen molar-refractivity contribution in [1.82, 2.24) is 9.62 Å². The summed E-state index contributed by atoms with van der Waals surface area (Å²) in [4.78, 5) is 3.07. The van der Waals surface area contributed by atoms with Crippen LogP contribution in [0.3, 0.4) is 0 Å². The minimum Gasteiger partial charge on any atom is -0.294 e. The van der Waals surface area contributed by atoms with E-state index in [1.807, 2.05) is 17.5 Å². The maximum absolute atomic E-state index is 13.3. The van der Waals surface area contributed by atoms with E-state index in [1.54, 1.807) is 11.3 Å². The van der Waals surface area contributed by atoms with Gasteiger partial charge < -0.3 is 0 Å². The first kappa shape index (κ1) is 17.5. The van der Waals surface area contributed by atoms with Gasteiger partial charge in [0.05, 0.1) is 10.9 Å². The highest BCUT2D eigenvalue weighted by molar-refractivity contribution is 7.89. The van der Waals surface area contributed by atoms with Crippen LogP contribution in [-0.2, 0) is 10.0 Å². The quantitative estimate of drug-likeness (QED) is 0.848. The molecule has 1 aliphatic heterocycles. The molecule has 0 aliphatic carbocycles. The molecule has 0 bridgehead atoms. The Hall–Kier alpha value is -1.35. The third-order valence-electron chi connectivity index (χ3n) is 4.12. The average molecular weight is 372 g/mol. The Kier molecular flexibility index (Phi) is 5.29. The zero-order valence-electron chi connectivity index (χ0n) is 12.9. The lowest BCUT2D eigenvalue weighted by Crippen LogP contribution is -2.36. The summed E-state index contributed by atoms with van der Waals surface area (Å²) in [5, 5.41) is 1.96. The molecule has 0 radical (unpaired) electrons. The molecule has 4 nitrogen and oxygen atoms in total. The molecule has 1 aromatic carbocycles. The van der Waals surface area contributed by atoms with Gasteiger partial charge in [-0.15, -0.1) is 11.3 Å². The summed E-state index contributed by atoms with van der Waals surface area (Å²) in [6.45, 7) is 2.05. The van der Waals surface area contributed by atoms with Crippen molar-refractivity contribution in [3.05, 3.63) is 52.2 Å². The first-order valence-electron chi connectivity index (χ1n) is 7.69. The van der Waals surface area contributed by atoms with Gasteiger partial charge >= 0.3 is 0 Å². The average Bonchev–Trinajstić information content (AvgIpc) is 3.24. The normalized spacial score (nSPS) is 17.2. The van der Waals surface area contributed by atoms with E-state index in [2.05, 4.69) is 9.62 Å². The van der Waals surface area contributed by atoms with Gasteiger partial charge in [0.25, 0.3) is 0 Å². The highest BCUT2D eigenvalue weighted by atomic mass is 32.2.